The molecule has 0 amide bonds. The van der Waals surface area contributed by atoms with E-state index >= 15 is 0 Å². The third-order valence-corrected chi connectivity index (χ3v) is 0.302. The molecule has 0 aromatic rings. The SMILES string of the molecule is [CH3-].[CH3-].[NH-]CC(=O)O.[NH-]CC(=O)O.[Pt+4]. The molecule has 6 nitrogen and oxygen atoms in total. The summed E-state index contributed by atoms with van der Waals surface area (Å²) in [5.41, 5.74) is 12.1. The van der Waals surface area contributed by atoms with Gasteiger partial charge in [0, 0.05) is 0 Å². The Bertz CT molecular complexity index is 107. The number of rotatable bonds is 2. The van der Waals surface area contributed by atoms with Crippen molar-refractivity contribution in [2.45, 2.75) is 0 Å². The Labute approximate surface area is 92.6 Å². The topological polar surface area (TPSA) is 122 Å². The van der Waals surface area contributed by atoms with E-state index in [1.54, 1.807) is 0 Å². The van der Waals surface area contributed by atoms with E-state index in [4.69, 9.17) is 21.7 Å². The fraction of sp³-hybridized carbons (Fsp3) is 0.333. The average molecular weight is 373 g/mol. The van der Waals surface area contributed by atoms with Crippen molar-refractivity contribution in [1.29, 1.82) is 0 Å². The van der Waals surface area contributed by atoms with Crippen LogP contribution in [-0.4, -0.2) is 35.2 Å². The first-order valence-electron chi connectivity index (χ1n) is 2.27. The van der Waals surface area contributed by atoms with Gasteiger partial charge in [-0.3, -0.25) is 9.59 Å². The molecule has 82 valence electrons. The summed E-state index contributed by atoms with van der Waals surface area (Å²) in [6.45, 7) is -1.06. The number of carbonyl (C=O) groups is 2. The first-order valence-corrected chi connectivity index (χ1v) is 2.27. The van der Waals surface area contributed by atoms with Crippen molar-refractivity contribution < 1.29 is 40.9 Å². The fourth-order valence-corrected chi connectivity index (χ4v) is 0. The second kappa shape index (κ2) is 22.6. The van der Waals surface area contributed by atoms with E-state index in [1.165, 1.54) is 0 Å². The van der Waals surface area contributed by atoms with Crippen molar-refractivity contribution >= 4 is 11.9 Å². The maximum absolute atomic E-state index is 9.18. The van der Waals surface area contributed by atoms with E-state index in [2.05, 4.69) is 0 Å². The molecule has 0 spiro atoms. The third kappa shape index (κ3) is 83.6. The Hall–Kier alpha value is -0.452. The van der Waals surface area contributed by atoms with Crippen LogP contribution in [0.25, 0.3) is 11.5 Å². The van der Waals surface area contributed by atoms with Crippen LogP contribution in [-0.2, 0) is 30.7 Å². The molecule has 0 fully saturated rings. The van der Waals surface area contributed by atoms with E-state index in [-0.39, 0.29) is 35.9 Å². The molecule has 0 aromatic carbocycles. The first-order chi connectivity index (χ1) is 4.54. The molecule has 0 atom stereocenters. The summed E-state index contributed by atoms with van der Waals surface area (Å²) in [7, 11) is 0. The molecule has 0 aliphatic carbocycles. The molecule has 13 heavy (non-hydrogen) atoms. The average Bonchev–Trinajstić information content (AvgIpc) is 1.89. The predicted octanol–water partition coefficient (Wildman–Crippen LogP) is 1.14. The minimum atomic E-state index is -1.08. The molecule has 0 aliphatic heterocycles. The van der Waals surface area contributed by atoms with Gasteiger partial charge in [0.15, 0.2) is 0 Å². The Morgan fingerprint density at radius 2 is 1.00 bits per heavy atom. The summed E-state index contributed by atoms with van der Waals surface area (Å²) in [5.74, 6) is -2.16. The van der Waals surface area contributed by atoms with Crippen LogP contribution in [0, 0.1) is 14.9 Å². The smallest absolute Gasteiger partial charge is 0.668 e. The second-order valence-corrected chi connectivity index (χ2v) is 1.14. The van der Waals surface area contributed by atoms with E-state index in [9.17, 15) is 9.59 Å². The van der Waals surface area contributed by atoms with Crippen molar-refractivity contribution in [1.82, 2.24) is 0 Å². The van der Waals surface area contributed by atoms with Gasteiger partial charge in [0.05, 0.1) is 0 Å². The van der Waals surface area contributed by atoms with Gasteiger partial charge in [-0.25, -0.2) is 0 Å². The second-order valence-electron chi connectivity index (χ2n) is 1.14. The molecule has 0 saturated carbocycles. The van der Waals surface area contributed by atoms with E-state index in [1.807, 2.05) is 0 Å². The van der Waals surface area contributed by atoms with Gasteiger partial charge < -0.3 is 36.5 Å². The van der Waals surface area contributed by atoms with Gasteiger partial charge >= 0.3 is 21.1 Å². The number of hydrogen-bond donors (Lipinski definition) is 2. The molecule has 0 aromatic heterocycles. The van der Waals surface area contributed by atoms with Crippen molar-refractivity contribution in [2.24, 2.45) is 0 Å². The maximum Gasteiger partial charge on any atom is 4.00 e. The van der Waals surface area contributed by atoms with Crippen LogP contribution >= 0.6 is 0 Å². The minimum Gasteiger partial charge on any atom is -0.668 e. The van der Waals surface area contributed by atoms with Crippen molar-refractivity contribution in [2.75, 3.05) is 13.1 Å². The molecule has 4 N–H and O–H groups in total. The van der Waals surface area contributed by atoms with Gasteiger partial charge in [-0.1, -0.05) is 13.1 Å². The van der Waals surface area contributed by atoms with Crippen LogP contribution in [0.4, 0.5) is 0 Å². The van der Waals surface area contributed by atoms with Crippen molar-refractivity contribution in [3.63, 3.8) is 0 Å². The third-order valence-electron chi connectivity index (χ3n) is 0.302. The van der Waals surface area contributed by atoms with Gasteiger partial charge in [-0.2, -0.15) is 0 Å². The molecule has 0 rings (SSSR count). The van der Waals surface area contributed by atoms with E-state index < -0.39 is 25.0 Å². The van der Waals surface area contributed by atoms with Crippen LogP contribution in [0.5, 0.6) is 0 Å². The summed E-state index contributed by atoms with van der Waals surface area (Å²) in [4.78, 5) is 18.4. The van der Waals surface area contributed by atoms with Gasteiger partial charge in [0.2, 0.25) is 0 Å². The molecule has 7 heteroatoms. The summed E-state index contributed by atoms with van der Waals surface area (Å²) in [6.07, 6.45) is 0. The number of carboxylic acids is 2. The number of aliphatic carboxylic acids is 2. The normalized spacial score (nSPS) is 5.69. The Morgan fingerprint density at radius 1 is 0.923 bits per heavy atom. The zero-order chi connectivity index (χ0) is 8.57. The predicted molar refractivity (Wildman–Crippen MR) is 46.5 cm³/mol. The Balaban J connectivity index is -0.0000000267. The molecule has 0 heterocycles. The number of nitrogens with one attached hydrogen (secondary N) is 2. The van der Waals surface area contributed by atoms with Crippen LogP contribution in [0.2, 0.25) is 0 Å². The largest absolute Gasteiger partial charge is 4.00 e. The van der Waals surface area contributed by atoms with E-state index in [0.717, 1.165) is 0 Å². The number of carboxylic acid groups (broad SMARTS) is 2. The number of hydrogen-bond acceptors (Lipinski definition) is 2. The summed E-state index contributed by atoms with van der Waals surface area (Å²) in [6, 6.07) is 0. The molecule has 0 aliphatic rings. The van der Waals surface area contributed by atoms with Crippen molar-refractivity contribution in [3.05, 3.63) is 26.3 Å². The van der Waals surface area contributed by atoms with Crippen LogP contribution < -0.4 is 0 Å². The van der Waals surface area contributed by atoms with Gasteiger partial charge in [0.25, 0.3) is 11.9 Å². The fourth-order valence-electron chi connectivity index (χ4n) is 0. The monoisotopic (exact) mass is 373 g/mol. The van der Waals surface area contributed by atoms with Gasteiger partial charge in [-0.15, -0.1) is 0 Å². The Morgan fingerprint density at radius 3 is 1.00 bits per heavy atom. The van der Waals surface area contributed by atoms with E-state index in [0.29, 0.717) is 0 Å². The van der Waals surface area contributed by atoms with Gasteiger partial charge in [-0.05, 0) is 0 Å². The minimum absolute atomic E-state index is 0. The molecular formula is C6H14N2O4Pt. The molecule has 0 radical (unpaired) electrons. The molecular weight excluding hydrogens is 359 g/mol. The maximum atomic E-state index is 9.18. The zero-order valence-electron chi connectivity index (χ0n) is 7.44. The van der Waals surface area contributed by atoms with Crippen LogP contribution in [0.3, 0.4) is 0 Å². The van der Waals surface area contributed by atoms with Gasteiger partial charge in [0.1, 0.15) is 0 Å². The quantitative estimate of drug-likeness (QED) is 0.705. The summed E-state index contributed by atoms with van der Waals surface area (Å²) >= 11 is 0. The van der Waals surface area contributed by atoms with Crippen molar-refractivity contribution in [3.8, 4) is 0 Å². The molecule has 0 saturated heterocycles. The standard InChI is InChI=1S/2C2H4NO2.2CH3.Pt/c2*3-1-2(4)5;;;/h2*3H,1H2,(H,4,5);2*1H3;/q4*-1;+4. The summed E-state index contributed by atoms with van der Waals surface area (Å²) < 4.78 is 0. The first kappa shape index (κ1) is 29.4. The zero-order valence-corrected chi connectivity index (χ0v) is 9.71. The summed E-state index contributed by atoms with van der Waals surface area (Å²) in [5, 5.41) is 15.1. The van der Waals surface area contributed by atoms with Crippen LogP contribution in [0.1, 0.15) is 0 Å². The van der Waals surface area contributed by atoms with Crippen LogP contribution in [0.15, 0.2) is 0 Å². The molecule has 0 bridgehead atoms. The molecule has 0 unspecified atom stereocenters. The Kier molecular flexibility index (Phi) is 51.0.